The Morgan fingerprint density at radius 3 is 2.50 bits per heavy atom. The number of fused-ring (bicyclic) bond motifs is 1. The molecule has 0 aromatic heterocycles. The molecule has 0 N–H and O–H groups in total. The Balaban J connectivity index is 1.47. The van der Waals surface area contributed by atoms with E-state index in [2.05, 4.69) is 36.6 Å². The molecule has 0 bridgehead atoms. The average molecular weight is 440 g/mol. The quantitative estimate of drug-likeness (QED) is 0.679. The minimum Gasteiger partial charge on any atom is -0.494 e. The first-order valence-electron chi connectivity index (χ1n) is 11.6. The van der Waals surface area contributed by atoms with Crippen molar-refractivity contribution in [3.05, 3.63) is 53.8 Å². The molecule has 6 heteroatoms. The largest absolute Gasteiger partial charge is 0.494 e. The van der Waals surface area contributed by atoms with Gasteiger partial charge in [-0.05, 0) is 69.0 Å². The lowest BCUT2D eigenvalue weighted by molar-refractivity contribution is -0.121. The van der Waals surface area contributed by atoms with Gasteiger partial charge in [0.1, 0.15) is 11.6 Å². The van der Waals surface area contributed by atoms with Crippen molar-refractivity contribution in [2.75, 3.05) is 49.1 Å². The first-order valence-corrected chi connectivity index (χ1v) is 11.6. The van der Waals surface area contributed by atoms with Gasteiger partial charge in [-0.3, -0.25) is 9.69 Å². The first kappa shape index (κ1) is 22.6. The average Bonchev–Trinajstić information content (AvgIpc) is 2.75. The van der Waals surface area contributed by atoms with Gasteiger partial charge >= 0.3 is 0 Å². The molecule has 5 nitrogen and oxygen atoms in total. The monoisotopic (exact) mass is 439 g/mol. The van der Waals surface area contributed by atoms with Gasteiger partial charge in [-0.1, -0.05) is 19.1 Å². The van der Waals surface area contributed by atoms with E-state index >= 15 is 0 Å². The van der Waals surface area contributed by atoms with Crippen LogP contribution in [-0.2, 0) is 4.79 Å². The third-order valence-corrected chi connectivity index (χ3v) is 6.67. The Kier molecular flexibility index (Phi) is 6.42. The minimum absolute atomic E-state index is 0.117. The van der Waals surface area contributed by atoms with Gasteiger partial charge in [0.15, 0.2) is 0 Å². The van der Waals surface area contributed by atoms with Crippen LogP contribution in [-0.4, -0.2) is 55.7 Å². The SMILES string of the molecule is CCOc1ccc2c(c1)[C@H](C)CC(C)(C)N2C(=O)CN1CCN(c2ccccc2F)CC1. The van der Waals surface area contributed by atoms with Crippen LogP contribution in [0.5, 0.6) is 5.75 Å². The summed E-state index contributed by atoms with van der Waals surface area (Å²) in [7, 11) is 0. The number of hydrogen-bond acceptors (Lipinski definition) is 4. The van der Waals surface area contributed by atoms with Crippen molar-refractivity contribution in [3.8, 4) is 5.75 Å². The molecule has 2 aliphatic heterocycles. The number of piperazine rings is 1. The lowest BCUT2D eigenvalue weighted by Gasteiger charge is -2.47. The number of para-hydroxylation sites is 1. The Morgan fingerprint density at radius 1 is 1.09 bits per heavy atom. The Hall–Kier alpha value is -2.60. The van der Waals surface area contributed by atoms with E-state index in [1.54, 1.807) is 6.07 Å². The predicted molar refractivity (Wildman–Crippen MR) is 127 cm³/mol. The smallest absolute Gasteiger partial charge is 0.241 e. The molecule has 32 heavy (non-hydrogen) atoms. The molecule has 1 amide bonds. The number of nitrogens with zero attached hydrogens (tertiary/aromatic N) is 3. The second kappa shape index (κ2) is 9.10. The van der Waals surface area contributed by atoms with Crippen molar-refractivity contribution < 1.29 is 13.9 Å². The molecule has 2 heterocycles. The second-order valence-electron chi connectivity index (χ2n) is 9.51. The summed E-state index contributed by atoms with van der Waals surface area (Å²) in [5, 5.41) is 0. The number of carbonyl (C=O) groups is 1. The highest BCUT2D eigenvalue weighted by Crippen LogP contribution is 2.44. The van der Waals surface area contributed by atoms with E-state index in [-0.39, 0.29) is 17.3 Å². The predicted octanol–water partition coefficient (Wildman–Crippen LogP) is 4.67. The molecule has 172 valence electrons. The highest BCUT2D eigenvalue weighted by atomic mass is 19.1. The normalized spacial score (nSPS) is 20.7. The summed E-state index contributed by atoms with van der Waals surface area (Å²) in [6.45, 7) is 12.4. The van der Waals surface area contributed by atoms with Crippen molar-refractivity contribution in [2.24, 2.45) is 0 Å². The topological polar surface area (TPSA) is 36.0 Å². The fourth-order valence-corrected chi connectivity index (χ4v) is 5.25. The molecule has 1 fully saturated rings. The first-order chi connectivity index (χ1) is 15.3. The van der Waals surface area contributed by atoms with Gasteiger partial charge in [0.25, 0.3) is 0 Å². The van der Waals surface area contributed by atoms with E-state index < -0.39 is 0 Å². The van der Waals surface area contributed by atoms with Gasteiger partial charge in [-0.15, -0.1) is 0 Å². The maximum Gasteiger partial charge on any atom is 0.241 e. The maximum absolute atomic E-state index is 14.1. The van der Waals surface area contributed by atoms with E-state index in [0.29, 0.717) is 37.8 Å². The number of ether oxygens (including phenoxy) is 1. The van der Waals surface area contributed by atoms with Crippen LogP contribution in [0.2, 0.25) is 0 Å². The van der Waals surface area contributed by atoms with Gasteiger partial charge in [0.05, 0.1) is 18.8 Å². The summed E-state index contributed by atoms with van der Waals surface area (Å²) < 4.78 is 19.8. The van der Waals surface area contributed by atoms with Crippen molar-refractivity contribution in [3.63, 3.8) is 0 Å². The van der Waals surface area contributed by atoms with Gasteiger partial charge in [-0.25, -0.2) is 4.39 Å². The Morgan fingerprint density at radius 2 is 1.81 bits per heavy atom. The number of carbonyl (C=O) groups excluding carboxylic acids is 1. The second-order valence-corrected chi connectivity index (χ2v) is 9.51. The summed E-state index contributed by atoms with van der Waals surface area (Å²) in [5.74, 6) is 1.14. The number of benzene rings is 2. The third-order valence-electron chi connectivity index (χ3n) is 6.67. The van der Waals surface area contributed by atoms with Gasteiger partial charge in [0.2, 0.25) is 5.91 Å². The van der Waals surface area contributed by atoms with E-state index in [1.165, 1.54) is 11.6 Å². The maximum atomic E-state index is 14.1. The standard InChI is InChI=1S/C26H34FN3O2/c1-5-32-20-10-11-23-21(16-20)19(2)17-26(3,4)30(23)25(31)18-28-12-14-29(15-13-28)24-9-7-6-8-22(24)27/h6-11,16,19H,5,12-15,17-18H2,1-4H3/t19-/m1/s1. The molecule has 1 saturated heterocycles. The zero-order valence-electron chi connectivity index (χ0n) is 19.6. The Labute approximate surface area is 190 Å². The Bertz CT molecular complexity index is 969. The molecular weight excluding hydrogens is 405 g/mol. The fraction of sp³-hybridized carbons (Fsp3) is 0.500. The summed E-state index contributed by atoms with van der Waals surface area (Å²) in [6, 6.07) is 13.0. The number of rotatable bonds is 5. The highest BCUT2D eigenvalue weighted by molar-refractivity contribution is 5.97. The minimum atomic E-state index is -0.258. The molecule has 2 aromatic rings. The molecule has 0 unspecified atom stereocenters. The van der Waals surface area contributed by atoms with Crippen molar-refractivity contribution in [2.45, 2.75) is 45.6 Å². The molecule has 1 atom stereocenters. The van der Waals surface area contributed by atoms with E-state index in [9.17, 15) is 9.18 Å². The van der Waals surface area contributed by atoms with Crippen LogP contribution in [0.25, 0.3) is 0 Å². The summed E-state index contributed by atoms with van der Waals surface area (Å²) >= 11 is 0. The van der Waals surface area contributed by atoms with Crippen LogP contribution in [0.1, 0.15) is 45.6 Å². The molecular formula is C26H34FN3O2. The zero-order chi connectivity index (χ0) is 22.9. The number of halogens is 1. The van der Waals surface area contributed by atoms with E-state index in [0.717, 1.165) is 30.9 Å². The fourth-order valence-electron chi connectivity index (χ4n) is 5.25. The summed E-state index contributed by atoms with van der Waals surface area (Å²) in [5.41, 5.74) is 2.55. The van der Waals surface area contributed by atoms with Crippen LogP contribution in [0.4, 0.5) is 15.8 Å². The zero-order valence-corrected chi connectivity index (χ0v) is 19.6. The van der Waals surface area contributed by atoms with Crippen LogP contribution in [0.3, 0.4) is 0 Å². The van der Waals surface area contributed by atoms with Gasteiger partial charge in [-0.2, -0.15) is 0 Å². The molecule has 0 spiro atoms. The molecule has 0 radical (unpaired) electrons. The van der Waals surface area contributed by atoms with Gasteiger partial charge in [0, 0.05) is 37.4 Å². The van der Waals surface area contributed by atoms with Crippen molar-refractivity contribution in [1.29, 1.82) is 0 Å². The number of hydrogen-bond donors (Lipinski definition) is 0. The van der Waals surface area contributed by atoms with Crippen LogP contribution >= 0.6 is 0 Å². The molecule has 2 aromatic carbocycles. The summed E-state index contributed by atoms with van der Waals surface area (Å²) in [4.78, 5) is 19.8. The lowest BCUT2D eigenvalue weighted by atomic mass is 9.80. The molecule has 0 aliphatic carbocycles. The van der Waals surface area contributed by atoms with Crippen LogP contribution < -0.4 is 14.5 Å². The third kappa shape index (κ3) is 4.46. The van der Waals surface area contributed by atoms with Crippen molar-refractivity contribution in [1.82, 2.24) is 4.90 Å². The number of anilines is 2. The van der Waals surface area contributed by atoms with Crippen LogP contribution in [0.15, 0.2) is 42.5 Å². The van der Waals surface area contributed by atoms with E-state index in [1.807, 2.05) is 36.1 Å². The molecule has 2 aliphatic rings. The van der Waals surface area contributed by atoms with Gasteiger partial charge < -0.3 is 14.5 Å². The lowest BCUT2D eigenvalue weighted by Crippen LogP contribution is -2.56. The number of amides is 1. The molecule has 4 rings (SSSR count). The summed E-state index contributed by atoms with van der Waals surface area (Å²) in [6.07, 6.45) is 0.905. The van der Waals surface area contributed by atoms with E-state index in [4.69, 9.17) is 4.74 Å². The molecule has 0 saturated carbocycles. The highest BCUT2D eigenvalue weighted by Gasteiger charge is 2.40. The van der Waals surface area contributed by atoms with Crippen LogP contribution in [0, 0.1) is 5.82 Å². The van der Waals surface area contributed by atoms with Crippen molar-refractivity contribution >= 4 is 17.3 Å².